The lowest BCUT2D eigenvalue weighted by atomic mass is 10.1. The van der Waals surface area contributed by atoms with Gasteiger partial charge in [-0.15, -0.1) is 0 Å². The lowest BCUT2D eigenvalue weighted by Crippen LogP contribution is -2.42. The van der Waals surface area contributed by atoms with Gasteiger partial charge in [0.15, 0.2) is 0 Å². The fourth-order valence-electron chi connectivity index (χ4n) is 3.36. The van der Waals surface area contributed by atoms with Crippen LogP contribution < -0.4 is 4.72 Å². The van der Waals surface area contributed by atoms with Gasteiger partial charge in [0, 0.05) is 18.1 Å². The summed E-state index contributed by atoms with van der Waals surface area (Å²) >= 11 is 0. The number of hydrogen-bond acceptors (Lipinski definition) is 5. The third-order valence-electron chi connectivity index (χ3n) is 5.23. The number of hydrogen-bond donors (Lipinski definition) is 1. The Morgan fingerprint density at radius 3 is 2.56 bits per heavy atom. The molecule has 0 aliphatic heterocycles. The highest BCUT2D eigenvalue weighted by Gasteiger charge is 2.39. The first kappa shape index (κ1) is 22.2. The molecule has 0 radical (unpaired) electrons. The Morgan fingerprint density at radius 2 is 2.00 bits per heavy atom. The van der Waals surface area contributed by atoms with Crippen LogP contribution in [0.5, 0.6) is 0 Å². The summed E-state index contributed by atoms with van der Waals surface area (Å²) in [5.74, 6) is -0.237. The molecule has 3 aromatic heterocycles. The van der Waals surface area contributed by atoms with Crippen LogP contribution in [0.1, 0.15) is 25.3 Å². The Morgan fingerprint density at radius 1 is 1.28 bits per heavy atom. The molecule has 12 heteroatoms. The molecule has 3 heterocycles. The maximum atomic E-state index is 13.8. The largest absolute Gasteiger partial charge is 0.404 e. The van der Waals surface area contributed by atoms with E-state index in [2.05, 4.69) is 9.97 Å². The number of alkyl halides is 3. The second-order valence-corrected chi connectivity index (χ2v) is 9.39. The number of halogens is 4. The van der Waals surface area contributed by atoms with Gasteiger partial charge in [0.25, 0.3) is 0 Å². The van der Waals surface area contributed by atoms with Crippen molar-refractivity contribution in [2.24, 2.45) is 5.92 Å². The molecule has 1 unspecified atom stereocenters. The number of nitriles is 1. The summed E-state index contributed by atoms with van der Waals surface area (Å²) < 4.78 is 79.9. The minimum atomic E-state index is -4.74. The number of nitrogens with zero attached hydrogens (tertiary/aromatic N) is 4. The van der Waals surface area contributed by atoms with Gasteiger partial charge in [0.05, 0.1) is 23.1 Å². The summed E-state index contributed by atoms with van der Waals surface area (Å²) in [6.07, 6.45) is -0.776. The average Bonchev–Trinajstić information content (AvgIpc) is 3.48. The fourth-order valence-corrected chi connectivity index (χ4v) is 4.54. The van der Waals surface area contributed by atoms with Crippen molar-refractivity contribution in [3.05, 3.63) is 42.0 Å². The zero-order chi connectivity index (χ0) is 23.3. The van der Waals surface area contributed by atoms with Gasteiger partial charge in [-0.25, -0.2) is 17.8 Å². The molecule has 0 bridgehead atoms. The van der Waals surface area contributed by atoms with Crippen LogP contribution in [0.4, 0.5) is 17.6 Å². The molecule has 7 nitrogen and oxygen atoms in total. The molecule has 1 aliphatic rings. The van der Waals surface area contributed by atoms with Crippen molar-refractivity contribution in [3.8, 4) is 17.5 Å². The second-order valence-electron chi connectivity index (χ2n) is 7.68. The van der Waals surface area contributed by atoms with Crippen LogP contribution in [0.25, 0.3) is 22.4 Å². The molecule has 0 aromatic carbocycles. The van der Waals surface area contributed by atoms with Crippen LogP contribution in [0.3, 0.4) is 0 Å². The number of fused-ring (bicyclic) bond motifs is 1. The molecule has 1 fully saturated rings. The molecule has 1 aliphatic carbocycles. The van der Waals surface area contributed by atoms with Gasteiger partial charge >= 0.3 is 6.18 Å². The van der Waals surface area contributed by atoms with Crippen molar-refractivity contribution < 1.29 is 26.0 Å². The van der Waals surface area contributed by atoms with Crippen molar-refractivity contribution in [2.45, 2.75) is 43.4 Å². The van der Waals surface area contributed by atoms with Crippen molar-refractivity contribution in [1.82, 2.24) is 19.3 Å². The highest BCUT2D eigenvalue weighted by Crippen LogP contribution is 2.37. The molecule has 168 valence electrons. The van der Waals surface area contributed by atoms with Gasteiger partial charge in [-0.3, -0.25) is 4.98 Å². The normalized spacial score (nSPS) is 15.6. The standard InChI is InChI=1S/C20H17F4N5O2S/c1-11(20(22,23)24)28-32(30,31)14-4-5-17(26-9-14)18-16(7-25)15-6-13(21)8-27-19(15)29(18)10-12-2-3-12/h4-6,8-9,11-12,28H,2-3,10H2,1H3. The average molecular weight is 467 g/mol. The Bertz CT molecular complexity index is 1320. The summed E-state index contributed by atoms with van der Waals surface area (Å²) in [7, 11) is -4.47. The molecule has 0 saturated heterocycles. The van der Waals surface area contributed by atoms with E-state index in [1.807, 2.05) is 6.07 Å². The summed E-state index contributed by atoms with van der Waals surface area (Å²) in [5.41, 5.74) is 1.13. The Hall–Kier alpha value is -3.04. The third-order valence-corrected chi connectivity index (χ3v) is 6.75. The van der Waals surface area contributed by atoms with E-state index in [1.54, 1.807) is 9.29 Å². The zero-order valence-corrected chi connectivity index (χ0v) is 17.5. The monoisotopic (exact) mass is 467 g/mol. The number of rotatable bonds is 6. The van der Waals surface area contributed by atoms with Crippen LogP contribution >= 0.6 is 0 Å². The molecule has 3 aromatic rings. The Labute approximate surface area is 180 Å². The van der Waals surface area contributed by atoms with Gasteiger partial charge in [0.2, 0.25) is 10.0 Å². The van der Waals surface area contributed by atoms with E-state index in [1.165, 1.54) is 12.1 Å². The molecule has 1 N–H and O–H groups in total. The van der Waals surface area contributed by atoms with E-state index >= 15 is 0 Å². The van der Waals surface area contributed by atoms with Gasteiger partial charge in [-0.1, -0.05) is 0 Å². The fraction of sp³-hybridized carbons (Fsp3) is 0.350. The van der Waals surface area contributed by atoms with E-state index in [0.717, 1.165) is 31.3 Å². The summed E-state index contributed by atoms with van der Waals surface area (Å²) in [4.78, 5) is 7.78. The molecule has 0 amide bonds. The molecule has 32 heavy (non-hydrogen) atoms. The van der Waals surface area contributed by atoms with Crippen molar-refractivity contribution in [2.75, 3.05) is 0 Å². The molecule has 1 saturated carbocycles. The minimum absolute atomic E-state index is 0.138. The molecule has 4 rings (SSSR count). The molecule has 1 atom stereocenters. The molecule has 0 spiro atoms. The quantitative estimate of drug-likeness (QED) is 0.557. The Balaban J connectivity index is 1.77. The maximum Gasteiger partial charge on any atom is 0.404 e. The lowest BCUT2D eigenvalue weighted by Gasteiger charge is -2.17. The molecular weight excluding hydrogens is 450 g/mol. The summed E-state index contributed by atoms with van der Waals surface area (Å²) in [6.45, 7) is 1.22. The molecular formula is C20H17F4N5O2S. The van der Waals surface area contributed by atoms with Crippen LogP contribution in [0.15, 0.2) is 35.5 Å². The van der Waals surface area contributed by atoms with Crippen molar-refractivity contribution in [1.29, 1.82) is 5.26 Å². The van der Waals surface area contributed by atoms with Gasteiger partial charge < -0.3 is 4.57 Å². The van der Waals surface area contributed by atoms with E-state index in [9.17, 15) is 31.2 Å². The number of aromatic nitrogens is 3. The topological polar surface area (TPSA) is 101 Å². The SMILES string of the molecule is CC(NS(=O)(=O)c1ccc(-c2c(C#N)c3cc(F)cnc3n2CC2CC2)nc1)C(F)(F)F. The number of nitrogens with one attached hydrogen (secondary N) is 1. The summed E-state index contributed by atoms with van der Waals surface area (Å²) in [5, 5.41) is 10.0. The maximum absolute atomic E-state index is 13.8. The first-order chi connectivity index (χ1) is 15.0. The van der Waals surface area contributed by atoms with E-state index in [0.29, 0.717) is 36.1 Å². The van der Waals surface area contributed by atoms with Gasteiger partial charge in [-0.05, 0) is 43.9 Å². The highest BCUT2D eigenvalue weighted by molar-refractivity contribution is 7.89. The predicted octanol–water partition coefficient (Wildman–Crippen LogP) is 3.75. The van der Waals surface area contributed by atoms with Gasteiger partial charge in [-0.2, -0.15) is 23.2 Å². The van der Waals surface area contributed by atoms with Crippen LogP contribution in [0.2, 0.25) is 0 Å². The van der Waals surface area contributed by atoms with Crippen LogP contribution in [0, 0.1) is 23.1 Å². The van der Waals surface area contributed by atoms with Crippen LogP contribution in [-0.4, -0.2) is 35.2 Å². The predicted molar refractivity (Wildman–Crippen MR) is 106 cm³/mol. The smallest absolute Gasteiger partial charge is 0.323 e. The minimum Gasteiger partial charge on any atom is -0.323 e. The number of pyridine rings is 2. The van der Waals surface area contributed by atoms with Crippen LogP contribution in [-0.2, 0) is 16.6 Å². The zero-order valence-electron chi connectivity index (χ0n) is 16.7. The van der Waals surface area contributed by atoms with E-state index < -0.39 is 33.0 Å². The number of sulfonamides is 1. The second kappa shape index (κ2) is 7.83. The first-order valence-electron chi connectivity index (χ1n) is 9.64. The van der Waals surface area contributed by atoms with Crippen molar-refractivity contribution >= 4 is 21.1 Å². The lowest BCUT2D eigenvalue weighted by molar-refractivity contribution is -0.147. The highest BCUT2D eigenvalue weighted by atomic mass is 32.2. The first-order valence-corrected chi connectivity index (χ1v) is 11.1. The third kappa shape index (κ3) is 4.18. The Kier molecular flexibility index (Phi) is 5.42. The van der Waals surface area contributed by atoms with Gasteiger partial charge in [0.1, 0.15) is 28.5 Å². The van der Waals surface area contributed by atoms with E-state index in [4.69, 9.17) is 0 Å². The van der Waals surface area contributed by atoms with E-state index in [-0.39, 0.29) is 11.3 Å². The summed E-state index contributed by atoms with van der Waals surface area (Å²) in [6, 6.07) is 3.39. The van der Waals surface area contributed by atoms with Crippen molar-refractivity contribution in [3.63, 3.8) is 0 Å².